The van der Waals surface area contributed by atoms with Crippen molar-refractivity contribution in [3.8, 4) is 11.1 Å². The number of methoxy groups -OCH3 is 2. The lowest BCUT2D eigenvalue weighted by Crippen LogP contribution is -2.14. The second-order valence-electron chi connectivity index (χ2n) is 8.57. The van der Waals surface area contributed by atoms with Gasteiger partial charge in [0.05, 0.1) is 25.4 Å². The number of allylic oxidation sites excluding steroid dienone is 6. The molecule has 0 aromatic heterocycles. The van der Waals surface area contributed by atoms with E-state index in [1.807, 2.05) is 45.1 Å². The number of esters is 2. The highest BCUT2D eigenvalue weighted by molar-refractivity contribution is 6.13. The van der Waals surface area contributed by atoms with Gasteiger partial charge >= 0.3 is 23.9 Å². The van der Waals surface area contributed by atoms with Crippen molar-refractivity contribution >= 4 is 36.2 Å². The molecule has 0 bridgehead atoms. The summed E-state index contributed by atoms with van der Waals surface area (Å²) in [4.78, 5) is 51.7. The van der Waals surface area contributed by atoms with Gasteiger partial charge in [0, 0.05) is 35.3 Å². The van der Waals surface area contributed by atoms with Gasteiger partial charge in [-0.2, -0.15) is 0 Å². The van der Waals surface area contributed by atoms with Crippen molar-refractivity contribution < 1.29 is 38.9 Å². The van der Waals surface area contributed by atoms with Crippen LogP contribution < -0.4 is 0 Å². The minimum Gasteiger partial charge on any atom is -0.480 e. The first-order chi connectivity index (χ1) is 18.0. The van der Waals surface area contributed by atoms with Crippen LogP contribution in [-0.4, -0.2) is 65.6 Å². The maximum atomic E-state index is 12.8. The number of pyridine rings is 1. The third-order valence-corrected chi connectivity index (χ3v) is 6.01. The van der Waals surface area contributed by atoms with Crippen molar-refractivity contribution in [2.75, 3.05) is 20.8 Å². The van der Waals surface area contributed by atoms with Crippen LogP contribution in [0.15, 0.2) is 63.5 Å². The highest BCUT2D eigenvalue weighted by Gasteiger charge is 2.28. The Morgan fingerprint density at radius 3 is 2.34 bits per heavy atom. The van der Waals surface area contributed by atoms with E-state index in [9.17, 15) is 24.3 Å². The van der Waals surface area contributed by atoms with Gasteiger partial charge in [-0.1, -0.05) is 18.2 Å². The fraction of sp³-hybridized carbons (Fsp3) is 0.250. The largest absolute Gasteiger partial charge is 0.480 e. The molecule has 0 aromatic carbocycles. The molecular formula is C28H28N2O8. The third kappa shape index (κ3) is 5.64. The van der Waals surface area contributed by atoms with E-state index >= 15 is 0 Å². The molecule has 1 aliphatic heterocycles. The number of aromatic nitrogens is 1. The van der Waals surface area contributed by atoms with Gasteiger partial charge in [0.1, 0.15) is 13.1 Å². The zero-order chi connectivity index (χ0) is 28.1. The van der Waals surface area contributed by atoms with Crippen molar-refractivity contribution in [1.82, 2.24) is 4.57 Å². The molecule has 1 heterocycles. The maximum Gasteiger partial charge on any atom is 0.340 e. The van der Waals surface area contributed by atoms with Crippen LogP contribution in [-0.2, 0) is 30.4 Å². The molecule has 0 aromatic rings. The molecule has 0 saturated heterocycles. The summed E-state index contributed by atoms with van der Waals surface area (Å²) in [6.45, 7) is 4.69. The number of carbonyl (C=O) groups excluding carboxylic acids is 2. The molecule has 0 radical (unpaired) electrons. The topological polar surface area (TPSA) is 144 Å². The average molecular weight is 521 g/mol. The van der Waals surface area contributed by atoms with Crippen LogP contribution in [0, 0.1) is 6.92 Å². The SMILES string of the molecule is C/C=C1C(C)=CC(=C/c2cc(C)c3cn(CC(=O)O)cc(C(=O)OC)c2-3)/C/1=C(/C=N/CC(=O)O)C(=O)OC. The van der Waals surface area contributed by atoms with Gasteiger partial charge in [-0.05, 0) is 54.7 Å². The molecule has 0 saturated carbocycles. The van der Waals surface area contributed by atoms with Gasteiger partial charge in [0.15, 0.2) is 0 Å². The lowest BCUT2D eigenvalue weighted by Gasteiger charge is -2.14. The molecule has 0 atom stereocenters. The number of aliphatic carboxylic acids is 2. The number of ether oxygens (including phenoxy) is 2. The number of carboxylic acids is 2. The third-order valence-electron chi connectivity index (χ3n) is 6.01. The first-order valence-electron chi connectivity index (χ1n) is 11.6. The average Bonchev–Trinajstić information content (AvgIpc) is 3.34. The molecule has 10 nitrogen and oxygen atoms in total. The van der Waals surface area contributed by atoms with Crippen molar-refractivity contribution in [3.63, 3.8) is 0 Å². The summed E-state index contributed by atoms with van der Waals surface area (Å²) in [5.74, 6) is -3.51. The second-order valence-corrected chi connectivity index (χ2v) is 8.57. The van der Waals surface area contributed by atoms with Gasteiger partial charge in [0.25, 0.3) is 0 Å². The minimum absolute atomic E-state index is 0.0845. The standard InChI is InChI=1S/C28H28N2O8/c1-6-19-15(2)7-17(25(19)20(27(35)37-4)10-29-11-23(31)32)9-18-8-16(3)21-12-30(14-24(33)34)13-22(26(18)21)28(36)38-5/h6-10,12-13H,11,14H2,1-5H3,(H,31,32)(H,33,34)/b17-9-,19-6-,25-20+,29-10+. The van der Waals surface area contributed by atoms with Crippen LogP contribution in [0.3, 0.4) is 0 Å². The minimum atomic E-state index is -1.15. The van der Waals surface area contributed by atoms with Crippen LogP contribution in [0.4, 0.5) is 0 Å². The van der Waals surface area contributed by atoms with Gasteiger partial charge in [-0.15, -0.1) is 0 Å². The Labute approximate surface area is 219 Å². The van der Waals surface area contributed by atoms with E-state index in [0.29, 0.717) is 27.8 Å². The first kappa shape index (κ1) is 27.9. The molecule has 10 heteroatoms. The lowest BCUT2D eigenvalue weighted by atomic mass is 9.94. The normalized spacial score (nSPS) is 16.8. The fourth-order valence-corrected chi connectivity index (χ4v) is 4.50. The van der Waals surface area contributed by atoms with Crippen LogP contribution in [0.1, 0.15) is 35.3 Å². The van der Waals surface area contributed by atoms with Crippen LogP contribution >= 0.6 is 0 Å². The zero-order valence-corrected chi connectivity index (χ0v) is 21.7. The van der Waals surface area contributed by atoms with E-state index in [2.05, 4.69) is 4.99 Å². The van der Waals surface area contributed by atoms with Gasteiger partial charge in [-0.3, -0.25) is 14.6 Å². The predicted molar refractivity (Wildman–Crippen MR) is 140 cm³/mol. The van der Waals surface area contributed by atoms with Crippen molar-refractivity contribution in [2.24, 2.45) is 4.99 Å². The Hall–Kier alpha value is -4.73. The summed E-state index contributed by atoms with van der Waals surface area (Å²) in [6, 6.07) is 1.86. The Morgan fingerprint density at radius 2 is 1.76 bits per heavy atom. The van der Waals surface area contributed by atoms with Gasteiger partial charge < -0.3 is 24.3 Å². The van der Waals surface area contributed by atoms with Gasteiger partial charge in [-0.25, -0.2) is 9.59 Å². The number of carboxylic acid groups (broad SMARTS) is 2. The molecule has 3 rings (SSSR count). The maximum absolute atomic E-state index is 12.8. The van der Waals surface area contributed by atoms with Crippen molar-refractivity contribution in [2.45, 2.75) is 27.3 Å². The number of hydrogen-bond donors (Lipinski definition) is 2. The number of aliphatic imine (C=N–C) groups is 1. The van der Waals surface area contributed by atoms with Crippen LogP contribution in [0.25, 0.3) is 17.2 Å². The number of nitrogens with zero attached hydrogens (tertiary/aromatic N) is 2. The number of rotatable bonds is 8. The molecule has 0 unspecified atom stereocenters. The summed E-state index contributed by atoms with van der Waals surface area (Å²) in [6.07, 6.45) is 9.81. The molecule has 0 fully saturated rings. The van der Waals surface area contributed by atoms with E-state index in [-0.39, 0.29) is 17.7 Å². The Balaban J connectivity index is 2.33. The highest BCUT2D eigenvalue weighted by atomic mass is 16.5. The number of aryl methyl sites for hydroxylation is 1. The molecule has 198 valence electrons. The molecule has 0 amide bonds. The fourth-order valence-electron chi connectivity index (χ4n) is 4.50. The smallest absolute Gasteiger partial charge is 0.340 e. The quantitative estimate of drug-likeness (QED) is 0.305. The first-order valence-corrected chi connectivity index (χ1v) is 11.6. The molecule has 3 aliphatic rings. The molecule has 2 aliphatic carbocycles. The summed E-state index contributed by atoms with van der Waals surface area (Å²) >= 11 is 0. The molecular weight excluding hydrogens is 492 g/mol. The molecule has 2 N–H and O–H groups in total. The number of carbonyl (C=O) groups is 4. The Kier molecular flexibility index (Phi) is 8.46. The second kappa shape index (κ2) is 11.5. The van der Waals surface area contributed by atoms with Crippen LogP contribution in [0.2, 0.25) is 0 Å². The summed E-state index contributed by atoms with van der Waals surface area (Å²) in [7, 11) is 2.48. The van der Waals surface area contributed by atoms with E-state index in [1.165, 1.54) is 31.2 Å². The van der Waals surface area contributed by atoms with Crippen molar-refractivity contribution in [1.29, 1.82) is 0 Å². The van der Waals surface area contributed by atoms with E-state index in [1.54, 1.807) is 6.20 Å². The monoisotopic (exact) mass is 520 g/mol. The van der Waals surface area contributed by atoms with Crippen molar-refractivity contribution in [3.05, 3.63) is 75.2 Å². The summed E-state index contributed by atoms with van der Waals surface area (Å²) < 4.78 is 11.4. The Bertz CT molecular complexity index is 1450. The Morgan fingerprint density at radius 1 is 1.05 bits per heavy atom. The summed E-state index contributed by atoms with van der Waals surface area (Å²) in [5.41, 5.74) is 5.73. The highest BCUT2D eigenvalue weighted by Crippen LogP contribution is 2.42. The van der Waals surface area contributed by atoms with Gasteiger partial charge in [0.2, 0.25) is 0 Å². The lowest BCUT2D eigenvalue weighted by molar-refractivity contribution is -0.138. The van der Waals surface area contributed by atoms with Crippen LogP contribution in [0.5, 0.6) is 0 Å². The molecule has 0 spiro atoms. The van der Waals surface area contributed by atoms with E-state index < -0.39 is 30.4 Å². The zero-order valence-electron chi connectivity index (χ0n) is 21.7. The van der Waals surface area contributed by atoms with E-state index in [0.717, 1.165) is 16.7 Å². The predicted octanol–water partition coefficient (Wildman–Crippen LogP) is 3.69. The van der Waals surface area contributed by atoms with E-state index in [4.69, 9.17) is 14.6 Å². The number of hydrogen-bond acceptors (Lipinski definition) is 7. The summed E-state index contributed by atoms with van der Waals surface area (Å²) in [5, 5.41) is 18.2. The molecule has 38 heavy (non-hydrogen) atoms. The number of fused-ring (bicyclic) bond motifs is 1.